The number of nitrogens with one attached hydrogen (secondary N) is 1. The van der Waals surface area contributed by atoms with E-state index in [0.717, 1.165) is 93.3 Å². The van der Waals surface area contributed by atoms with E-state index in [4.69, 9.17) is 19.5 Å². The number of aromatic nitrogens is 1. The second-order valence-corrected chi connectivity index (χ2v) is 12.0. The van der Waals surface area contributed by atoms with Gasteiger partial charge < -0.3 is 24.7 Å². The highest BCUT2D eigenvalue weighted by Gasteiger charge is 2.49. The van der Waals surface area contributed by atoms with Crippen LogP contribution in [0.5, 0.6) is 0 Å². The summed E-state index contributed by atoms with van der Waals surface area (Å²) in [5.74, 6) is -1.40. The number of aliphatic hydroxyl groups is 2. The van der Waals surface area contributed by atoms with Gasteiger partial charge in [-0.1, -0.05) is 52.0 Å². The molecule has 46 heavy (non-hydrogen) atoms. The van der Waals surface area contributed by atoms with Crippen LogP contribution in [0.15, 0.2) is 80.1 Å². The Labute approximate surface area is 272 Å². The lowest BCUT2D eigenvalue weighted by Gasteiger charge is -2.33. The molecule has 2 aromatic rings. The third kappa shape index (κ3) is 5.16. The molecule has 3 N–H and O–H groups in total. The zero-order valence-electron chi connectivity index (χ0n) is 27.9. The van der Waals surface area contributed by atoms with Crippen LogP contribution in [0.1, 0.15) is 88.0 Å². The van der Waals surface area contributed by atoms with Crippen molar-refractivity contribution in [2.45, 2.75) is 73.0 Å². The van der Waals surface area contributed by atoms with E-state index in [0.29, 0.717) is 0 Å². The van der Waals surface area contributed by atoms with Gasteiger partial charge in [0, 0.05) is 22.5 Å². The Bertz CT molecular complexity index is 1690. The first-order valence-corrected chi connectivity index (χ1v) is 16.6. The van der Waals surface area contributed by atoms with Crippen LogP contribution in [0.4, 0.5) is 0 Å². The Morgan fingerprint density at radius 2 is 1.09 bits per heavy atom. The zero-order chi connectivity index (χ0) is 32.6. The molecule has 0 saturated carbocycles. The normalized spacial score (nSPS) is 18.3. The number of hydrogen-bond donors (Lipinski definition) is 3. The molecule has 1 aromatic carbocycles. The van der Waals surface area contributed by atoms with Gasteiger partial charge in [0.25, 0.3) is 0 Å². The minimum Gasteiger partial charge on any atom is -0.394 e. The summed E-state index contributed by atoms with van der Waals surface area (Å²) in [5.41, 5.74) is 16.5. The maximum Gasteiger partial charge on any atom is 0.223 e. The standard InChI is InChI=1S/C39H45N3O4/c1-7-25-23(5)33-19-31-29-13-11-12-14-30(29)32(39(31,45-17-15-43)46-18-16-44)20-34-24(6)26(8-2)36(41-34)22-38-28(10-4)27(9-3)37(42-38)21-35(25)40-33/h11-14,19-22,42-44H,7-10,15-18H2,1-6H3. The van der Waals surface area contributed by atoms with Crippen LogP contribution in [-0.4, -0.2) is 58.8 Å². The van der Waals surface area contributed by atoms with E-state index >= 15 is 0 Å². The maximum absolute atomic E-state index is 9.99. The summed E-state index contributed by atoms with van der Waals surface area (Å²) >= 11 is 0. The first-order chi connectivity index (χ1) is 22.3. The number of fused-ring (bicyclic) bond motifs is 9. The van der Waals surface area contributed by atoms with Gasteiger partial charge >= 0.3 is 0 Å². The third-order valence-corrected chi connectivity index (χ3v) is 9.61. The zero-order valence-corrected chi connectivity index (χ0v) is 27.9. The van der Waals surface area contributed by atoms with Crippen molar-refractivity contribution in [1.29, 1.82) is 0 Å². The summed E-state index contributed by atoms with van der Waals surface area (Å²) < 4.78 is 13.1. The number of benzene rings is 1. The molecule has 240 valence electrons. The number of aliphatic imine (C=N–C) groups is 2. The number of rotatable bonds is 10. The molecule has 1 aromatic heterocycles. The van der Waals surface area contributed by atoms with Gasteiger partial charge in [0.1, 0.15) is 0 Å². The molecule has 4 heterocycles. The molecule has 7 heteroatoms. The van der Waals surface area contributed by atoms with Crippen LogP contribution in [0, 0.1) is 0 Å². The molecule has 8 bridgehead atoms. The average molecular weight is 620 g/mol. The number of aromatic amines is 1. The van der Waals surface area contributed by atoms with Crippen molar-refractivity contribution in [1.82, 2.24) is 4.98 Å². The monoisotopic (exact) mass is 619 g/mol. The first-order valence-electron chi connectivity index (χ1n) is 16.6. The first kappa shape index (κ1) is 32.1. The summed E-state index contributed by atoms with van der Waals surface area (Å²) in [6.45, 7) is 12.7. The topological polar surface area (TPSA) is 99.4 Å². The molecule has 0 fully saturated rings. The highest BCUT2D eigenvalue weighted by atomic mass is 16.7. The fourth-order valence-electron chi connectivity index (χ4n) is 7.42. The number of aliphatic hydroxyl groups excluding tert-OH is 2. The summed E-state index contributed by atoms with van der Waals surface area (Å²) in [4.78, 5) is 14.2. The predicted octanol–water partition coefficient (Wildman–Crippen LogP) is 7.39. The molecule has 6 rings (SSSR count). The van der Waals surface area contributed by atoms with Crippen LogP contribution >= 0.6 is 0 Å². The Hall–Kier alpha value is -3.88. The minimum atomic E-state index is -1.40. The molecule has 0 atom stereocenters. The van der Waals surface area contributed by atoms with Crippen molar-refractivity contribution in [3.8, 4) is 0 Å². The molecule has 0 radical (unpaired) electrons. The van der Waals surface area contributed by atoms with Gasteiger partial charge in [0.15, 0.2) is 0 Å². The molecular formula is C39H45N3O4. The lowest BCUT2D eigenvalue weighted by atomic mass is 9.96. The van der Waals surface area contributed by atoms with Crippen LogP contribution in [0.3, 0.4) is 0 Å². The van der Waals surface area contributed by atoms with E-state index < -0.39 is 5.79 Å². The molecule has 3 aliphatic heterocycles. The van der Waals surface area contributed by atoms with Gasteiger partial charge in [-0.3, -0.25) is 0 Å². The van der Waals surface area contributed by atoms with Crippen molar-refractivity contribution < 1.29 is 19.7 Å². The SMILES string of the molecule is CCC1=C(C)C2=NC1=Cc1[nH]c(c(CC)c1CC)C=C1N=C(C=C3c4ccccc4C(=C2)C3(OCCO)OCCO)C(C)=C1CC. The van der Waals surface area contributed by atoms with Crippen LogP contribution in [-0.2, 0) is 22.3 Å². The second-order valence-electron chi connectivity index (χ2n) is 12.0. The van der Waals surface area contributed by atoms with Crippen molar-refractivity contribution in [3.63, 3.8) is 0 Å². The fourth-order valence-corrected chi connectivity index (χ4v) is 7.42. The van der Waals surface area contributed by atoms with E-state index in [1.165, 1.54) is 22.3 Å². The molecule has 1 aliphatic carbocycles. The summed E-state index contributed by atoms with van der Waals surface area (Å²) in [7, 11) is 0. The Morgan fingerprint density at radius 3 is 1.46 bits per heavy atom. The predicted molar refractivity (Wildman–Crippen MR) is 188 cm³/mol. The van der Waals surface area contributed by atoms with E-state index in [9.17, 15) is 10.2 Å². The van der Waals surface area contributed by atoms with E-state index in [-0.39, 0.29) is 26.4 Å². The lowest BCUT2D eigenvalue weighted by Crippen LogP contribution is -2.38. The van der Waals surface area contributed by atoms with Crippen LogP contribution in [0.25, 0.3) is 23.3 Å². The van der Waals surface area contributed by atoms with Crippen molar-refractivity contribution in [3.05, 3.63) is 104 Å². The Balaban J connectivity index is 1.74. The molecule has 0 unspecified atom stereocenters. The fraction of sp³-hybridized carbons (Fsp3) is 0.385. The number of H-pyrrole nitrogens is 1. The molecule has 7 nitrogen and oxygen atoms in total. The number of allylic oxidation sites excluding steroid dienone is 6. The summed E-state index contributed by atoms with van der Waals surface area (Å²) in [5, 5.41) is 20.0. The number of ether oxygens (including phenoxy) is 2. The average Bonchev–Trinajstić information content (AvgIpc) is 3.73. The largest absolute Gasteiger partial charge is 0.394 e. The molecule has 0 spiro atoms. The van der Waals surface area contributed by atoms with Gasteiger partial charge in [-0.05, 0) is 108 Å². The van der Waals surface area contributed by atoms with Crippen LogP contribution < -0.4 is 0 Å². The van der Waals surface area contributed by atoms with Gasteiger partial charge in [-0.25, -0.2) is 9.98 Å². The van der Waals surface area contributed by atoms with E-state index in [1.807, 2.05) is 12.1 Å². The highest BCUT2D eigenvalue weighted by Crippen LogP contribution is 2.52. The van der Waals surface area contributed by atoms with Gasteiger partial charge in [0.2, 0.25) is 5.79 Å². The van der Waals surface area contributed by atoms with E-state index in [1.54, 1.807) is 0 Å². The van der Waals surface area contributed by atoms with E-state index in [2.05, 4.69) is 83.0 Å². The minimum absolute atomic E-state index is 0.0426. The Kier molecular flexibility index (Phi) is 9.12. The number of hydrogen-bond acceptors (Lipinski definition) is 6. The third-order valence-electron chi connectivity index (χ3n) is 9.61. The maximum atomic E-state index is 9.99. The Morgan fingerprint density at radius 1 is 0.652 bits per heavy atom. The number of nitrogens with zero attached hydrogens (tertiary/aromatic N) is 2. The summed E-state index contributed by atoms with van der Waals surface area (Å²) in [6, 6.07) is 8.17. The van der Waals surface area contributed by atoms with Gasteiger partial charge in [-0.15, -0.1) is 0 Å². The molecule has 4 aliphatic rings. The molecular weight excluding hydrogens is 574 g/mol. The van der Waals surface area contributed by atoms with Gasteiger partial charge in [-0.2, -0.15) is 0 Å². The smallest absolute Gasteiger partial charge is 0.223 e. The second kappa shape index (κ2) is 13.1. The van der Waals surface area contributed by atoms with Crippen molar-refractivity contribution in [2.75, 3.05) is 26.4 Å². The summed E-state index contributed by atoms with van der Waals surface area (Å²) in [6.07, 6.45) is 12.1. The van der Waals surface area contributed by atoms with Gasteiger partial charge in [0.05, 0.1) is 49.2 Å². The van der Waals surface area contributed by atoms with Crippen molar-refractivity contribution in [2.24, 2.45) is 9.98 Å². The molecule has 0 saturated heterocycles. The molecule has 0 amide bonds. The van der Waals surface area contributed by atoms with Crippen molar-refractivity contribution >= 4 is 34.7 Å². The lowest BCUT2D eigenvalue weighted by molar-refractivity contribution is -0.163. The van der Waals surface area contributed by atoms with Crippen LogP contribution in [0.2, 0.25) is 0 Å². The quantitative estimate of drug-likeness (QED) is 0.242. The highest BCUT2D eigenvalue weighted by molar-refractivity contribution is 6.21.